The standard InChI is InChI=1S/C11H16F6N2O3S/c1-3-4-5-19-7-6-18(2)9(19)22-23(20,21)11(16,17)8(12)10(13,14)15/h6-9H,3-5H2,1-2H3. The van der Waals surface area contributed by atoms with E-state index in [0.29, 0.717) is 12.8 Å². The number of rotatable bonds is 7. The van der Waals surface area contributed by atoms with Crippen molar-refractivity contribution in [2.45, 2.75) is 43.7 Å². The molecule has 1 aliphatic rings. The van der Waals surface area contributed by atoms with Gasteiger partial charge in [0.05, 0.1) is 0 Å². The van der Waals surface area contributed by atoms with Crippen molar-refractivity contribution in [2.24, 2.45) is 0 Å². The second kappa shape index (κ2) is 6.75. The number of hydrogen-bond donors (Lipinski definition) is 0. The highest BCUT2D eigenvalue weighted by Gasteiger charge is 2.66. The van der Waals surface area contributed by atoms with E-state index >= 15 is 0 Å². The number of halogens is 6. The third kappa shape index (κ3) is 4.22. The van der Waals surface area contributed by atoms with Crippen LogP contribution >= 0.6 is 0 Å². The first-order valence-corrected chi connectivity index (χ1v) is 7.93. The Kier molecular flexibility index (Phi) is 5.83. The van der Waals surface area contributed by atoms with Gasteiger partial charge in [0.2, 0.25) is 6.35 Å². The number of hydrogen-bond acceptors (Lipinski definition) is 5. The van der Waals surface area contributed by atoms with Gasteiger partial charge in [0.1, 0.15) is 0 Å². The normalized spacial score (nSPS) is 21.1. The van der Waals surface area contributed by atoms with Gasteiger partial charge >= 0.3 is 21.5 Å². The quantitative estimate of drug-likeness (QED) is 0.509. The summed E-state index contributed by atoms with van der Waals surface area (Å²) in [4.78, 5) is 2.27. The minimum atomic E-state index is -6.17. The summed E-state index contributed by atoms with van der Waals surface area (Å²) in [6, 6.07) is 0. The molecular weight excluding hydrogens is 354 g/mol. The van der Waals surface area contributed by atoms with Crippen LogP contribution in [0.15, 0.2) is 12.4 Å². The Morgan fingerprint density at radius 1 is 1.22 bits per heavy atom. The Bertz CT molecular complexity index is 536. The number of unbranched alkanes of at least 4 members (excludes halogenated alkanes) is 1. The SMILES string of the molecule is CCCCN1C=CN(C)C1OS(=O)(=O)C(F)(F)C(F)C(F)(F)F. The zero-order valence-electron chi connectivity index (χ0n) is 12.2. The van der Waals surface area contributed by atoms with E-state index in [1.807, 2.05) is 6.92 Å². The Morgan fingerprint density at radius 2 is 1.78 bits per heavy atom. The molecule has 12 heteroatoms. The lowest BCUT2D eigenvalue weighted by molar-refractivity contribution is -0.224. The van der Waals surface area contributed by atoms with Gasteiger partial charge in [0, 0.05) is 26.0 Å². The van der Waals surface area contributed by atoms with E-state index in [1.54, 1.807) is 0 Å². The van der Waals surface area contributed by atoms with Crippen LogP contribution in [0, 0.1) is 0 Å². The van der Waals surface area contributed by atoms with Crippen molar-refractivity contribution in [3.05, 3.63) is 12.4 Å². The Labute approximate surface area is 129 Å². The molecule has 136 valence electrons. The average Bonchev–Trinajstić information content (AvgIpc) is 2.75. The molecule has 0 aliphatic carbocycles. The second-order valence-electron chi connectivity index (χ2n) is 4.90. The molecule has 1 aliphatic heterocycles. The summed E-state index contributed by atoms with van der Waals surface area (Å²) in [5, 5.41) is -5.76. The van der Waals surface area contributed by atoms with Gasteiger partial charge in [0.15, 0.2) is 0 Å². The lowest BCUT2D eigenvalue weighted by Gasteiger charge is -2.31. The van der Waals surface area contributed by atoms with E-state index < -0.39 is 34.1 Å². The van der Waals surface area contributed by atoms with Gasteiger partial charge in [-0.25, -0.2) is 8.57 Å². The fourth-order valence-corrected chi connectivity index (χ4v) is 2.70. The summed E-state index contributed by atoms with van der Waals surface area (Å²) >= 11 is 0. The fraction of sp³-hybridized carbons (Fsp3) is 0.818. The molecule has 0 spiro atoms. The fourth-order valence-electron chi connectivity index (χ4n) is 1.72. The van der Waals surface area contributed by atoms with Crippen LogP contribution in [0.1, 0.15) is 19.8 Å². The molecule has 23 heavy (non-hydrogen) atoms. The van der Waals surface area contributed by atoms with Gasteiger partial charge in [0.25, 0.3) is 6.17 Å². The first-order chi connectivity index (χ1) is 10.3. The average molecular weight is 370 g/mol. The Morgan fingerprint density at radius 3 is 2.26 bits per heavy atom. The van der Waals surface area contributed by atoms with Gasteiger partial charge in [-0.05, 0) is 6.42 Å². The molecule has 5 nitrogen and oxygen atoms in total. The minimum absolute atomic E-state index is 0.224. The molecule has 2 unspecified atom stereocenters. The van der Waals surface area contributed by atoms with E-state index in [0.717, 1.165) is 4.90 Å². The molecule has 1 rings (SSSR count). The van der Waals surface area contributed by atoms with Crippen LogP contribution in [0.25, 0.3) is 0 Å². The van der Waals surface area contributed by atoms with E-state index in [1.165, 1.54) is 24.3 Å². The van der Waals surface area contributed by atoms with E-state index in [-0.39, 0.29) is 6.54 Å². The third-order valence-corrected chi connectivity index (χ3v) is 4.32. The summed E-state index contributed by atoms with van der Waals surface area (Å²) in [5.74, 6) is 0. The van der Waals surface area contributed by atoms with Gasteiger partial charge in [-0.3, -0.25) is 0 Å². The summed E-state index contributed by atoms with van der Waals surface area (Å²) in [5.41, 5.74) is 0. The smallest absolute Gasteiger partial charge is 0.336 e. The van der Waals surface area contributed by atoms with Crippen LogP contribution < -0.4 is 0 Å². The zero-order chi connectivity index (χ0) is 18.1. The molecule has 0 saturated heterocycles. The highest BCUT2D eigenvalue weighted by molar-refractivity contribution is 7.87. The van der Waals surface area contributed by atoms with Crippen LogP contribution in [0.4, 0.5) is 26.3 Å². The van der Waals surface area contributed by atoms with E-state index in [9.17, 15) is 34.8 Å². The van der Waals surface area contributed by atoms with Crippen molar-refractivity contribution in [1.29, 1.82) is 0 Å². The number of alkyl halides is 6. The van der Waals surface area contributed by atoms with Crippen molar-refractivity contribution in [2.75, 3.05) is 13.6 Å². The van der Waals surface area contributed by atoms with Gasteiger partial charge in [-0.1, -0.05) is 13.3 Å². The maximum absolute atomic E-state index is 13.4. The van der Waals surface area contributed by atoms with E-state index in [2.05, 4.69) is 4.18 Å². The molecular formula is C11H16F6N2O3S. The zero-order valence-corrected chi connectivity index (χ0v) is 13.0. The maximum Gasteiger partial charge on any atom is 0.426 e. The summed E-state index contributed by atoms with van der Waals surface area (Å²) in [6.07, 6.45) is -8.63. The van der Waals surface area contributed by atoms with Crippen molar-refractivity contribution in [3.8, 4) is 0 Å². The van der Waals surface area contributed by atoms with Crippen LogP contribution in [-0.4, -0.2) is 55.8 Å². The maximum atomic E-state index is 13.4. The van der Waals surface area contributed by atoms with Crippen LogP contribution in [-0.2, 0) is 14.3 Å². The molecule has 0 aromatic carbocycles. The van der Waals surface area contributed by atoms with Crippen LogP contribution in [0.3, 0.4) is 0 Å². The highest BCUT2D eigenvalue weighted by Crippen LogP contribution is 2.40. The lowest BCUT2D eigenvalue weighted by Crippen LogP contribution is -2.51. The number of nitrogens with zero attached hydrogens (tertiary/aromatic N) is 2. The lowest BCUT2D eigenvalue weighted by atomic mass is 10.3. The van der Waals surface area contributed by atoms with Gasteiger partial charge < -0.3 is 9.80 Å². The van der Waals surface area contributed by atoms with Crippen molar-refractivity contribution in [1.82, 2.24) is 9.80 Å². The molecule has 0 radical (unpaired) electrons. The van der Waals surface area contributed by atoms with Crippen molar-refractivity contribution < 1.29 is 38.9 Å². The van der Waals surface area contributed by atoms with Crippen LogP contribution in [0.2, 0.25) is 0 Å². The second-order valence-corrected chi connectivity index (χ2v) is 6.54. The largest absolute Gasteiger partial charge is 0.426 e. The molecule has 0 fully saturated rings. The molecule has 0 bridgehead atoms. The topological polar surface area (TPSA) is 49.9 Å². The first kappa shape index (κ1) is 19.9. The van der Waals surface area contributed by atoms with Crippen LogP contribution in [0.5, 0.6) is 0 Å². The van der Waals surface area contributed by atoms with Crippen molar-refractivity contribution in [3.63, 3.8) is 0 Å². The first-order valence-electron chi connectivity index (χ1n) is 6.52. The molecule has 0 N–H and O–H groups in total. The minimum Gasteiger partial charge on any atom is -0.336 e. The summed E-state index contributed by atoms with van der Waals surface area (Å²) in [6.45, 7) is 2.04. The Hall–Kier alpha value is -1.17. The monoisotopic (exact) mass is 370 g/mol. The summed E-state index contributed by atoms with van der Waals surface area (Å²) < 4.78 is 103. The van der Waals surface area contributed by atoms with Gasteiger partial charge in [-0.15, -0.1) is 0 Å². The predicted molar refractivity (Wildman–Crippen MR) is 68.2 cm³/mol. The molecule has 1 heterocycles. The molecule has 0 aromatic rings. The van der Waals surface area contributed by atoms with E-state index in [4.69, 9.17) is 0 Å². The molecule has 0 saturated carbocycles. The van der Waals surface area contributed by atoms with Gasteiger partial charge in [-0.2, -0.15) is 30.4 Å². The predicted octanol–water partition coefficient (Wildman–Crippen LogP) is 2.63. The Balaban J connectivity index is 2.96. The molecule has 0 amide bonds. The third-order valence-electron chi connectivity index (χ3n) is 3.02. The summed E-state index contributed by atoms with van der Waals surface area (Å²) in [7, 11) is -4.89. The molecule has 0 aromatic heterocycles. The highest BCUT2D eigenvalue weighted by atomic mass is 32.2. The molecule has 2 atom stereocenters. The van der Waals surface area contributed by atoms with Crippen molar-refractivity contribution >= 4 is 10.1 Å².